The van der Waals surface area contributed by atoms with Crippen molar-refractivity contribution in [3.63, 3.8) is 0 Å². The third kappa shape index (κ3) is 4.05. The summed E-state index contributed by atoms with van der Waals surface area (Å²) in [5.74, 6) is 0. The molecule has 2 aromatic rings. The van der Waals surface area contributed by atoms with Gasteiger partial charge in [0.05, 0.1) is 10.5 Å². The van der Waals surface area contributed by atoms with E-state index in [9.17, 15) is 4.21 Å². The summed E-state index contributed by atoms with van der Waals surface area (Å²) in [7, 11) is -1.37. The smallest absolute Gasteiger partial charge is 0.145 e. The Bertz CT molecular complexity index is 721. The van der Waals surface area contributed by atoms with E-state index >= 15 is 0 Å². The topological polar surface area (TPSA) is 55.5 Å². The molecule has 0 aliphatic rings. The van der Waals surface area contributed by atoms with Gasteiger partial charge in [-0.2, -0.15) is 4.40 Å². The van der Waals surface area contributed by atoms with E-state index in [1.807, 2.05) is 69.3 Å². The molecule has 2 N–H and O–H groups in total. The van der Waals surface area contributed by atoms with Crippen molar-refractivity contribution in [3.8, 4) is 0 Å². The van der Waals surface area contributed by atoms with Gasteiger partial charge in [0.2, 0.25) is 0 Å². The van der Waals surface area contributed by atoms with Gasteiger partial charge in [0.1, 0.15) is 11.0 Å². The Morgan fingerprint density at radius 3 is 2.36 bits per heavy atom. The predicted octanol–water partition coefficient (Wildman–Crippen LogP) is 4.33. The summed E-state index contributed by atoms with van der Waals surface area (Å²) in [5, 5.41) is 0. The molecule has 0 unspecified atom stereocenters. The Labute approximate surface area is 142 Å². The average molecular weight is 379 g/mol. The molecule has 2 rings (SSSR count). The quantitative estimate of drug-likeness (QED) is 0.638. The first-order valence-corrected chi connectivity index (χ1v) is 8.80. The van der Waals surface area contributed by atoms with E-state index in [-0.39, 0.29) is 0 Å². The summed E-state index contributed by atoms with van der Waals surface area (Å²) in [4.78, 5) is 0. The number of anilines is 1. The predicted molar refractivity (Wildman–Crippen MR) is 98.5 cm³/mol. The van der Waals surface area contributed by atoms with Crippen molar-refractivity contribution in [1.29, 1.82) is 0 Å². The molecule has 0 amide bonds. The van der Waals surface area contributed by atoms with Gasteiger partial charge in [0.25, 0.3) is 0 Å². The van der Waals surface area contributed by atoms with Gasteiger partial charge in [-0.1, -0.05) is 46.3 Å². The van der Waals surface area contributed by atoms with Gasteiger partial charge in [-0.3, -0.25) is 0 Å². The van der Waals surface area contributed by atoms with Crippen molar-refractivity contribution in [1.82, 2.24) is 0 Å². The number of nitrogens with two attached hydrogens (primary N) is 1. The van der Waals surface area contributed by atoms with Crippen molar-refractivity contribution in [2.45, 2.75) is 25.5 Å². The van der Waals surface area contributed by atoms with Crippen LogP contribution in [0.25, 0.3) is 0 Å². The van der Waals surface area contributed by atoms with E-state index in [1.165, 1.54) is 0 Å². The second kappa shape index (κ2) is 6.75. The largest absolute Gasteiger partial charge is 0.398 e. The molecule has 0 saturated carbocycles. The summed E-state index contributed by atoms with van der Waals surface area (Å²) in [6.07, 6.45) is 0. The van der Waals surface area contributed by atoms with Crippen LogP contribution < -0.4 is 5.73 Å². The summed E-state index contributed by atoms with van der Waals surface area (Å²) in [6.45, 7) is 5.71. The second-order valence-corrected chi connectivity index (χ2v) is 8.72. The van der Waals surface area contributed by atoms with Crippen LogP contribution in [0, 0.1) is 0 Å². The zero-order valence-electron chi connectivity index (χ0n) is 12.8. The minimum absolute atomic E-state index is 0.430. The maximum atomic E-state index is 12.5. The molecule has 0 spiro atoms. The normalized spacial score (nSPS) is 13.9. The number of benzene rings is 2. The molecule has 116 valence electrons. The Kier molecular flexibility index (Phi) is 5.19. The van der Waals surface area contributed by atoms with E-state index in [4.69, 9.17) is 5.73 Å². The first kappa shape index (κ1) is 16.9. The lowest BCUT2D eigenvalue weighted by Crippen LogP contribution is -2.21. The maximum Gasteiger partial charge on any atom is 0.145 e. The number of nitrogens with zero attached hydrogens (tertiary/aromatic N) is 1. The lowest BCUT2D eigenvalue weighted by atomic mass is 10.0. The molecular formula is C17H19BrN2OS. The Balaban J connectivity index is 2.64. The molecule has 5 heteroatoms. The van der Waals surface area contributed by atoms with Crippen LogP contribution in [0.2, 0.25) is 0 Å². The van der Waals surface area contributed by atoms with Crippen LogP contribution in [0.1, 0.15) is 31.9 Å². The zero-order valence-corrected chi connectivity index (χ0v) is 15.2. The lowest BCUT2D eigenvalue weighted by Gasteiger charge is -2.16. The first-order valence-electron chi connectivity index (χ1n) is 6.90. The fraction of sp³-hybridized carbons (Fsp3) is 0.235. The molecule has 3 nitrogen and oxygen atoms in total. The molecule has 1 atom stereocenters. The third-order valence-electron chi connectivity index (χ3n) is 3.02. The highest BCUT2D eigenvalue weighted by molar-refractivity contribution is 9.10. The van der Waals surface area contributed by atoms with Gasteiger partial charge in [-0.25, -0.2) is 4.21 Å². The molecular weight excluding hydrogens is 360 g/mol. The lowest BCUT2D eigenvalue weighted by molar-refractivity contribution is 0.650. The van der Waals surface area contributed by atoms with Crippen molar-refractivity contribution in [3.05, 3.63) is 64.1 Å². The highest BCUT2D eigenvalue weighted by Gasteiger charge is 2.21. The van der Waals surface area contributed by atoms with Crippen LogP contribution in [0.3, 0.4) is 0 Å². The van der Waals surface area contributed by atoms with Crippen LogP contribution in [0.15, 0.2) is 57.4 Å². The van der Waals surface area contributed by atoms with E-state index in [0.717, 1.165) is 15.6 Å². The molecule has 0 aromatic heterocycles. The van der Waals surface area contributed by atoms with Crippen molar-refractivity contribution in [2.24, 2.45) is 4.40 Å². The number of nitrogen functional groups attached to an aromatic ring is 1. The fourth-order valence-corrected chi connectivity index (χ4v) is 2.81. The first-order chi connectivity index (χ1) is 10.3. The standard InChI is InChI=1S/C17H19BrN2OS/c1-17(2,3)22(21)20-16(12-7-5-4-6-8-12)14-11-13(18)9-10-15(14)19/h4-11H,19H2,1-3H3/t22-/m1/s1. The zero-order chi connectivity index (χ0) is 16.3. The highest BCUT2D eigenvalue weighted by atomic mass is 79.9. The molecule has 0 heterocycles. The third-order valence-corrected chi connectivity index (χ3v) is 4.91. The molecule has 0 aliphatic carbocycles. The minimum Gasteiger partial charge on any atom is -0.398 e. The molecule has 0 saturated heterocycles. The van der Waals surface area contributed by atoms with Crippen molar-refractivity contribution < 1.29 is 4.21 Å². The molecule has 0 radical (unpaired) electrons. The van der Waals surface area contributed by atoms with Gasteiger partial charge in [0, 0.05) is 21.3 Å². The maximum absolute atomic E-state index is 12.5. The minimum atomic E-state index is -1.37. The van der Waals surface area contributed by atoms with Gasteiger partial charge in [-0.05, 0) is 39.0 Å². The second-order valence-electron chi connectivity index (χ2n) is 5.90. The van der Waals surface area contributed by atoms with Gasteiger partial charge < -0.3 is 5.73 Å². The van der Waals surface area contributed by atoms with Crippen LogP contribution in [-0.2, 0) is 11.0 Å². The van der Waals surface area contributed by atoms with Crippen LogP contribution >= 0.6 is 15.9 Å². The molecule has 0 bridgehead atoms. The fourth-order valence-electron chi connectivity index (χ4n) is 1.81. The van der Waals surface area contributed by atoms with Crippen molar-refractivity contribution >= 4 is 38.3 Å². The van der Waals surface area contributed by atoms with Gasteiger partial charge >= 0.3 is 0 Å². The summed E-state index contributed by atoms with van der Waals surface area (Å²) in [5.41, 5.74) is 9.04. The van der Waals surface area contributed by atoms with E-state index in [2.05, 4.69) is 20.3 Å². The molecule has 0 fully saturated rings. The summed E-state index contributed by atoms with van der Waals surface area (Å²) < 4.78 is 17.4. The van der Waals surface area contributed by atoms with E-state index in [0.29, 0.717) is 11.4 Å². The monoisotopic (exact) mass is 378 g/mol. The molecule has 2 aromatic carbocycles. The van der Waals surface area contributed by atoms with E-state index < -0.39 is 15.7 Å². The number of halogens is 1. The van der Waals surface area contributed by atoms with Crippen LogP contribution in [-0.4, -0.2) is 14.7 Å². The van der Waals surface area contributed by atoms with E-state index in [1.54, 1.807) is 0 Å². The Hall–Kier alpha value is -1.46. The SMILES string of the molecule is CC(C)(C)[S@@](=O)N=C(c1ccccc1)c1cc(Br)ccc1N. The summed E-state index contributed by atoms with van der Waals surface area (Å²) in [6, 6.07) is 15.3. The number of hydrogen-bond acceptors (Lipinski definition) is 2. The summed E-state index contributed by atoms with van der Waals surface area (Å²) >= 11 is 3.46. The van der Waals surface area contributed by atoms with Crippen molar-refractivity contribution in [2.75, 3.05) is 5.73 Å². The molecule has 22 heavy (non-hydrogen) atoms. The average Bonchev–Trinajstić information content (AvgIpc) is 2.47. The van der Waals surface area contributed by atoms with Gasteiger partial charge in [-0.15, -0.1) is 0 Å². The number of rotatable bonds is 3. The number of hydrogen-bond donors (Lipinski definition) is 1. The van der Waals surface area contributed by atoms with Gasteiger partial charge in [0.15, 0.2) is 0 Å². The van der Waals surface area contributed by atoms with Crippen LogP contribution in [0.5, 0.6) is 0 Å². The Morgan fingerprint density at radius 1 is 1.14 bits per heavy atom. The molecule has 0 aliphatic heterocycles. The Morgan fingerprint density at radius 2 is 1.77 bits per heavy atom. The van der Waals surface area contributed by atoms with Crippen LogP contribution in [0.4, 0.5) is 5.69 Å². The highest BCUT2D eigenvalue weighted by Crippen LogP contribution is 2.24.